The molecule has 1 fully saturated rings. The number of nitrogens with one attached hydrogen (secondary N) is 1. The van der Waals surface area contributed by atoms with Crippen LogP contribution in [0.2, 0.25) is 0 Å². The highest BCUT2D eigenvalue weighted by Gasteiger charge is 2.28. The SMILES string of the molecule is CC(C)(C)CC(C)(C)NC(=S)N(Cc1cccnc1)CC1CCCO1. The van der Waals surface area contributed by atoms with Crippen molar-refractivity contribution in [1.82, 2.24) is 15.2 Å². The van der Waals surface area contributed by atoms with Crippen molar-refractivity contribution in [2.24, 2.45) is 5.41 Å². The zero-order chi connectivity index (χ0) is 18.5. The van der Waals surface area contributed by atoms with Gasteiger partial charge in [0, 0.05) is 37.6 Å². The van der Waals surface area contributed by atoms with E-state index in [9.17, 15) is 0 Å². The van der Waals surface area contributed by atoms with Crippen molar-refractivity contribution in [2.75, 3.05) is 13.2 Å². The Kier molecular flexibility index (Phi) is 6.80. The van der Waals surface area contributed by atoms with Crippen molar-refractivity contribution in [3.63, 3.8) is 0 Å². The van der Waals surface area contributed by atoms with Crippen molar-refractivity contribution in [3.8, 4) is 0 Å². The molecule has 1 aromatic heterocycles. The van der Waals surface area contributed by atoms with E-state index >= 15 is 0 Å². The van der Waals surface area contributed by atoms with E-state index in [1.807, 2.05) is 12.3 Å². The highest BCUT2D eigenvalue weighted by molar-refractivity contribution is 7.80. The van der Waals surface area contributed by atoms with E-state index in [4.69, 9.17) is 17.0 Å². The highest BCUT2D eigenvalue weighted by atomic mass is 32.1. The topological polar surface area (TPSA) is 37.4 Å². The molecular weight excluding hydrogens is 330 g/mol. The Bertz CT molecular complexity index is 548. The minimum atomic E-state index is -0.0565. The van der Waals surface area contributed by atoms with Gasteiger partial charge in [-0.3, -0.25) is 4.98 Å². The van der Waals surface area contributed by atoms with Gasteiger partial charge in [-0.05, 0) is 62.4 Å². The molecule has 0 amide bonds. The third kappa shape index (κ3) is 7.28. The molecule has 1 saturated heterocycles. The summed E-state index contributed by atoms with van der Waals surface area (Å²) in [5, 5.41) is 4.39. The van der Waals surface area contributed by atoms with E-state index in [0.717, 1.165) is 44.1 Å². The maximum Gasteiger partial charge on any atom is 0.169 e. The van der Waals surface area contributed by atoms with E-state index in [2.05, 4.69) is 55.9 Å². The van der Waals surface area contributed by atoms with Gasteiger partial charge in [0.2, 0.25) is 0 Å². The molecule has 1 aliphatic rings. The molecule has 25 heavy (non-hydrogen) atoms. The van der Waals surface area contributed by atoms with Crippen LogP contribution < -0.4 is 5.32 Å². The molecule has 1 aromatic rings. The normalized spacial score (nSPS) is 18.2. The van der Waals surface area contributed by atoms with E-state index < -0.39 is 0 Å². The van der Waals surface area contributed by atoms with Gasteiger partial charge in [-0.2, -0.15) is 0 Å². The molecule has 0 aliphatic carbocycles. The molecule has 0 spiro atoms. The van der Waals surface area contributed by atoms with Gasteiger partial charge in [-0.1, -0.05) is 26.8 Å². The highest BCUT2D eigenvalue weighted by Crippen LogP contribution is 2.27. The molecule has 1 aliphatic heterocycles. The fraction of sp³-hybridized carbons (Fsp3) is 0.700. The minimum absolute atomic E-state index is 0.0565. The first-order valence-electron chi connectivity index (χ1n) is 9.22. The number of rotatable bonds is 6. The molecule has 1 N–H and O–H groups in total. The van der Waals surface area contributed by atoms with Crippen LogP contribution in [0.4, 0.5) is 0 Å². The summed E-state index contributed by atoms with van der Waals surface area (Å²) in [5.74, 6) is 0. The molecule has 0 aromatic carbocycles. The molecule has 0 radical (unpaired) electrons. The van der Waals surface area contributed by atoms with E-state index in [-0.39, 0.29) is 17.1 Å². The fourth-order valence-corrected chi connectivity index (χ4v) is 4.12. The molecule has 4 nitrogen and oxygen atoms in total. The van der Waals surface area contributed by atoms with Crippen LogP contribution in [0.5, 0.6) is 0 Å². The largest absolute Gasteiger partial charge is 0.376 e. The van der Waals surface area contributed by atoms with Gasteiger partial charge in [-0.15, -0.1) is 0 Å². The van der Waals surface area contributed by atoms with Crippen molar-refractivity contribution >= 4 is 17.3 Å². The zero-order valence-corrected chi connectivity index (χ0v) is 17.2. The van der Waals surface area contributed by atoms with E-state index in [1.54, 1.807) is 6.20 Å². The number of aromatic nitrogens is 1. The lowest BCUT2D eigenvalue weighted by molar-refractivity contribution is 0.0889. The number of thiocarbonyl (C=S) groups is 1. The molecule has 2 heterocycles. The van der Waals surface area contributed by atoms with Gasteiger partial charge >= 0.3 is 0 Å². The van der Waals surface area contributed by atoms with Gasteiger partial charge in [0.1, 0.15) is 0 Å². The molecule has 1 atom stereocenters. The summed E-state index contributed by atoms with van der Waals surface area (Å²) in [6.07, 6.45) is 7.27. The first kappa shape index (κ1) is 20.1. The van der Waals surface area contributed by atoms with Crippen LogP contribution >= 0.6 is 12.2 Å². The van der Waals surface area contributed by atoms with Crippen molar-refractivity contribution in [3.05, 3.63) is 30.1 Å². The molecule has 1 unspecified atom stereocenters. The quantitative estimate of drug-likeness (QED) is 0.769. The van der Waals surface area contributed by atoms with Crippen molar-refractivity contribution in [2.45, 2.75) is 72.1 Å². The minimum Gasteiger partial charge on any atom is -0.376 e. The second kappa shape index (κ2) is 8.45. The maximum absolute atomic E-state index is 5.84. The Morgan fingerprint density at radius 3 is 2.68 bits per heavy atom. The van der Waals surface area contributed by atoms with Crippen LogP contribution in [0.3, 0.4) is 0 Å². The second-order valence-electron chi connectivity index (χ2n) is 8.93. The van der Waals surface area contributed by atoms with Crippen LogP contribution in [0.25, 0.3) is 0 Å². The lowest BCUT2D eigenvalue weighted by atomic mass is 9.82. The fourth-order valence-electron chi connectivity index (χ4n) is 3.70. The first-order valence-corrected chi connectivity index (χ1v) is 9.63. The summed E-state index contributed by atoms with van der Waals surface area (Å²) >= 11 is 5.79. The van der Waals surface area contributed by atoms with Crippen molar-refractivity contribution in [1.29, 1.82) is 0 Å². The van der Waals surface area contributed by atoms with Gasteiger partial charge in [-0.25, -0.2) is 0 Å². The molecule has 140 valence electrons. The molecule has 0 bridgehead atoms. The predicted octanol–water partition coefficient (Wildman–Crippen LogP) is 4.15. The molecule has 2 rings (SSSR count). The third-order valence-corrected chi connectivity index (χ3v) is 4.61. The Hall–Kier alpha value is -1.20. The van der Waals surface area contributed by atoms with Crippen LogP contribution in [-0.4, -0.2) is 39.8 Å². The van der Waals surface area contributed by atoms with Crippen LogP contribution in [0, 0.1) is 5.41 Å². The van der Waals surface area contributed by atoms with Gasteiger partial charge in [0.05, 0.1) is 6.10 Å². The Morgan fingerprint density at radius 2 is 2.12 bits per heavy atom. The molecule has 5 heteroatoms. The summed E-state index contributed by atoms with van der Waals surface area (Å²) in [6.45, 7) is 13.7. The van der Waals surface area contributed by atoms with Crippen LogP contribution in [0.1, 0.15) is 59.4 Å². The van der Waals surface area contributed by atoms with Gasteiger partial charge in [0.25, 0.3) is 0 Å². The summed E-state index contributed by atoms with van der Waals surface area (Å²) in [7, 11) is 0. The monoisotopic (exact) mass is 363 g/mol. The number of hydrogen-bond acceptors (Lipinski definition) is 3. The van der Waals surface area contributed by atoms with Crippen LogP contribution in [-0.2, 0) is 11.3 Å². The predicted molar refractivity (Wildman–Crippen MR) is 108 cm³/mol. The Labute approximate surface area is 158 Å². The van der Waals surface area contributed by atoms with Gasteiger partial charge in [0.15, 0.2) is 5.11 Å². The maximum atomic E-state index is 5.84. The standard InChI is InChI=1S/C20H33N3OS/c1-19(2,3)15-20(4,5)22-18(25)23(14-17-9-7-11-24-17)13-16-8-6-10-21-12-16/h6,8,10,12,17H,7,9,11,13-15H2,1-5H3,(H,22,25). The first-order chi connectivity index (χ1) is 11.6. The zero-order valence-electron chi connectivity index (χ0n) is 16.3. The van der Waals surface area contributed by atoms with Crippen LogP contribution in [0.15, 0.2) is 24.5 Å². The summed E-state index contributed by atoms with van der Waals surface area (Å²) in [6, 6.07) is 4.07. The van der Waals surface area contributed by atoms with E-state index in [0.29, 0.717) is 0 Å². The lowest BCUT2D eigenvalue weighted by Crippen LogP contribution is -2.52. The Balaban J connectivity index is 2.05. The second-order valence-corrected chi connectivity index (χ2v) is 9.31. The summed E-state index contributed by atoms with van der Waals surface area (Å²) < 4.78 is 5.84. The smallest absolute Gasteiger partial charge is 0.169 e. The van der Waals surface area contributed by atoms with Gasteiger partial charge < -0.3 is 15.0 Å². The lowest BCUT2D eigenvalue weighted by Gasteiger charge is -2.37. The average molecular weight is 364 g/mol. The summed E-state index contributed by atoms with van der Waals surface area (Å²) in [4.78, 5) is 6.46. The molecular formula is C20H33N3OS. The van der Waals surface area contributed by atoms with E-state index in [1.165, 1.54) is 5.56 Å². The Morgan fingerprint density at radius 1 is 1.36 bits per heavy atom. The van der Waals surface area contributed by atoms with Crippen molar-refractivity contribution < 1.29 is 4.74 Å². The molecule has 0 saturated carbocycles. The average Bonchev–Trinajstić information content (AvgIpc) is 2.97. The third-order valence-electron chi connectivity index (χ3n) is 4.25. The number of ether oxygens (including phenoxy) is 1. The summed E-state index contributed by atoms with van der Waals surface area (Å²) in [5.41, 5.74) is 1.35. The number of pyridine rings is 1. The number of hydrogen-bond donors (Lipinski definition) is 1. The number of nitrogens with zero attached hydrogens (tertiary/aromatic N) is 2.